The van der Waals surface area contributed by atoms with Gasteiger partial charge in [-0.1, -0.05) is 172 Å². The predicted molar refractivity (Wildman–Crippen MR) is 249 cm³/mol. The minimum atomic E-state index is -0.522. The van der Waals surface area contributed by atoms with Gasteiger partial charge in [0.05, 0.1) is 27.8 Å². The zero-order valence-electron chi connectivity index (χ0n) is 33.5. The van der Waals surface area contributed by atoms with E-state index in [0.717, 1.165) is 17.1 Å². The number of anilines is 3. The number of rotatable bonds is 4. The first-order valence-electron chi connectivity index (χ1n) is 21.1. The van der Waals surface area contributed by atoms with E-state index < -0.39 is 5.41 Å². The highest BCUT2D eigenvalue weighted by atomic mass is 15.2. The Kier molecular flexibility index (Phi) is 6.74. The Bertz CT molecular complexity index is 3360. The summed E-state index contributed by atoms with van der Waals surface area (Å²) in [4.78, 5) is 2.61. The van der Waals surface area contributed by atoms with Gasteiger partial charge in [-0.15, -0.1) is 0 Å². The van der Waals surface area contributed by atoms with E-state index >= 15 is 0 Å². The molecule has 0 fully saturated rings. The van der Waals surface area contributed by atoms with E-state index in [-0.39, 0.29) is 5.41 Å². The summed E-state index contributed by atoms with van der Waals surface area (Å²) in [5.74, 6) is 0. The summed E-state index contributed by atoms with van der Waals surface area (Å²) >= 11 is 0. The second-order valence-electron chi connectivity index (χ2n) is 17.2. The Morgan fingerprint density at radius 3 is 1.58 bits per heavy atom. The van der Waals surface area contributed by atoms with E-state index in [0.29, 0.717) is 0 Å². The molecule has 0 saturated carbocycles. The molecule has 282 valence electrons. The smallest absolute Gasteiger partial charge is 0.0746 e. The van der Waals surface area contributed by atoms with Crippen LogP contribution in [0.2, 0.25) is 0 Å². The highest BCUT2D eigenvalue weighted by molar-refractivity contribution is 6.17. The van der Waals surface area contributed by atoms with Gasteiger partial charge in [0.1, 0.15) is 0 Å². The highest BCUT2D eigenvalue weighted by Gasteiger charge is 2.53. The van der Waals surface area contributed by atoms with Gasteiger partial charge in [0.25, 0.3) is 0 Å². The average Bonchev–Trinajstić information content (AvgIpc) is 3.98. The lowest BCUT2D eigenvalue weighted by Crippen LogP contribution is -2.28. The van der Waals surface area contributed by atoms with Crippen molar-refractivity contribution in [2.24, 2.45) is 0 Å². The fourth-order valence-corrected chi connectivity index (χ4v) is 11.6. The molecule has 1 heterocycles. The molecule has 0 amide bonds. The first-order chi connectivity index (χ1) is 29.6. The molecule has 2 heteroatoms. The molecule has 1 aromatic heterocycles. The van der Waals surface area contributed by atoms with Gasteiger partial charge in [0, 0.05) is 33.1 Å². The molecule has 0 bridgehead atoms. The van der Waals surface area contributed by atoms with Crippen LogP contribution in [0, 0.1) is 0 Å². The number of para-hydroxylation sites is 2. The van der Waals surface area contributed by atoms with Crippen molar-refractivity contribution in [1.82, 2.24) is 4.57 Å². The summed E-state index contributed by atoms with van der Waals surface area (Å²) in [6, 6.07) is 77.3. The third kappa shape index (κ3) is 4.17. The summed E-state index contributed by atoms with van der Waals surface area (Å²) in [5, 5.41) is 2.46. The van der Waals surface area contributed by atoms with Crippen LogP contribution >= 0.6 is 0 Å². The molecule has 1 spiro atoms. The van der Waals surface area contributed by atoms with Crippen molar-refractivity contribution in [3.05, 3.63) is 240 Å². The van der Waals surface area contributed by atoms with E-state index in [1.807, 2.05) is 0 Å². The average molecular weight is 765 g/mol. The Hall–Kier alpha value is -7.42. The molecule has 60 heavy (non-hydrogen) atoms. The monoisotopic (exact) mass is 764 g/mol. The van der Waals surface area contributed by atoms with Crippen LogP contribution in [0.15, 0.2) is 206 Å². The summed E-state index contributed by atoms with van der Waals surface area (Å²) in [6.45, 7) is 4.77. The van der Waals surface area contributed by atoms with Crippen molar-refractivity contribution in [2.75, 3.05) is 4.90 Å². The molecule has 3 aliphatic rings. The molecule has 0 radical (unpaired) electrons. The van der Waals surface area contributed by atoms with Crippen LogP contribution in [0.4, 0.5) is 17.1 Å². The van der Waals surface area contributed by atoms with Crippen molar-refractivity contribution in [3.8, 4) is 39.1 Å². The second-order valence-corrected chi connectivity index (χ2v) is 17.2. The Morgan fingerprint density at radius 1 is 0.383 bits per heavy atom. The van der Waals surface area contributed by atoms with Crippen molar-refractivity contribution in [3.63, 3.8) is 0 Å². The summed E-state index contributed by atoms with van der Waals surface area (Å²) in [7, 11) is 0. The molecule has 0 N–H and O–H groups in total. The van der Waals surface area contributed by atoms with Crippen LogP contribution in [-0.4, -0.2) is 4.57 Å². The minimum absolute atomic E-state index is 0.164. The van der Waals surface area contributed by atoms with E-state index in [9.17, 15) is 0 Å². The second kappa shape index (κ2) is 12.1. The quantitative estimate of drug-likeness (QED) is 0.173. The lowest BCUT2D eigenvalue weighted by atomic mass is 9.70. The normalized spacial score (nSPS) is 14.4. The van der Waals surface area contributed by atoms with E-state index in [1.54, 1.807) is 0 Å². The molecule has 0 atom stereocenters. The van der Waals surface area contributed by atoms with Crippen molar-refractivity contribution in [2.45, 2.75) is 24.7 Å². The fraction of sp³-hybridized carbons (Fsp3) is 0.0690. The van der Waals surface area contributed by atoms with E-state index in [2.05, 4.69) is 230 Å². The van der Waals surface area contributed by atoms with E-state index in [4.69, 9.17) is 0 Å². The number of benzene rings is 9. The number of aromatic nitrogens is 1. The van der Waals surface area contributed by atoms with Crippen molar-refractivity contribution >= 4 is 38.9 Å². The van der Waals surface area contributed by atoms with Gasteiger partial charge in [-0.25, -0.2) is 0 Å². The van der Waals surface area contributed by atoms with Gasteiger partial charge in [-0.05, 0) is 110 Å². The van der Waals surface area contributed by atoms with Crippen LogP contribution in [0.1, 0.15) is 47.2 Å². The maximum absolute atomic E-state index is 2.61. The van der Waals surface area contributed by atoms with Gasteiger partial charge < -0.3 is 9.47 Å². The highest BCUT2D eigenvalue weighted by Crippen LogP contribution is 2.65. The largest absolute Gasteiger partial charge is 0.309 e. The Balaban J connectivity index is 1.18. The number of fused-ring (bicyclic) bond motifs is 16. The SMILES string of the molecule is CC1(C)c2ccccc2-c2ccc(N(c3cccc4c3C3(c5ccccc5-c5ccccc53)c3ccccc3-4)c3cccc4c3c3ccccc3n4-c3ccccc3)cc21. The summed E-state index contributed by atoms with van der Waals surface area (Å²) in [5.41, 5.74) is 22.3. The standard InChI is InChI=1S/C58H40N2/c1-57(2)46-26-11-6-20-39(46)43-35-34-38(36-50(43)57)60(53-32-17-31-52-55(53)45-24-10-15-30-51(45)59(52)37-18-4-3-5-19-37)54-33-16-25-44-42-23-9-14-29-49(42)58(56(44)54)47-27-12-7-21-40(47)41-22-8-13-28-48(41)58/h3-36H,1-2H3. The first-order valence-corrected chi connectivity index (χ1v) is 21.1. The molecule has 9 aromatic carbocycles. The number of hydrogen-bond acceptors (Lipinski definition) is 1. The summed E-state index contributed by atoms with van der Waals surface area (Å²) < 4.78 is 2.44. The predicted octanol–water partition coefficient (Wildman–Crippen LogP) is 14.9. The Morgan fingerprint density at radius 2 is 0.883 bits per heavy atom. The molecular weight excluding hydrogens is 725 g/mol. The van der Waals surface area contributed by atoms with Crippen LogP contribution in [-0.2, 0) is 10.8 Å². The van der Waals surface area contributed by atoms with Gasteiger partial charge in [-0.2, -0.15) is 0 Å². The third-order valence-corrected chi connectivity index (χ3v) is 14.0. The first kappa shape index (κ1) is 33.5. The lowest BCUT2D eigenvalue weighted by molar-refractivity contribution is 0.660. The van der Waals surface area contributed by atoms with Gasteiger partial charge in [0.15, 0.2) is 0 Å². The maximum atomic E-state index is 2.61. The van der Waals surface area contributed by atoms with E-state index in [1.165, 1.54) is 94.3 Å². The molecule has 0 unspecified atom stereocenters. The summed E-state index contributed by atoms with van der Waals surface area (Å²) in [6.07, 6.45) is 0. The molecule has 10 aromatic rings. The van der Waals surface area contributed by atoms with Crippen LogP contribution in [0.25, 0.3) is 60.9 Å². The van der Waals surface area contributed by atoms with Crippen LogP contribution < -0.4 is 4.90 Å². The minimum Gasteiger partial charge on any atom is -0.309 e. The molecular formula is C58H40N2. The van der Waals surface area contributed by atoms with Crippen molar-refractivity contribution < 1.29 is 0 Å². The molecule has 3 aliphatic carbocycles. The topological polar surface area (TPSA) is 8.17 Å². The Labute approximate surface area is 350 Å². The van der Waals surface area contributed by atoms with Crippen molar-refractivity contribution in [1.29, 1.82) is 0 Å². The number of nitrogens with zero attached hydrogens (tertiary/aromatic N) is 2. The molecule has 0 saturated heterocycles. The van der Waals surface area contributed by atoms with Crippen LogP contribution in [0.3, 0.4) is 0 Å². The maximum Gasteiger partial charge on any atom is 0.0746 e. The zero-order chi connectivity index (χ0) is 39.7. The third-order valence-electron chi connectivity index (χ3n) is 14.0. The lowest BCUT2D eigenvalue weighted by Gasteiger charge is -2.36. The van der Waals surface area contributed by atoms with Crippen LogP contribution in [0.5, 0.6) is 0 Å². The zero-order valence-corrected chi connectivity index (χ0v) is 33.5. The molecule has 13 rings (SSSR count). The fourth-order valence-electron chi connectivity index (χ4n) is 11.6. The number of hydrogen-bond donors (Lipinski definition) is 0. The van der Waals surface area contributed by atoms with Gasteiger partial charge in [0.2, 0.25) is 0 Å². The van der Waals surface area contributed by atoms with Gasteiger partial charge >= 0.3 is 0 Å². The molecule has 0 aliphatic heterocycles. The molecule has 2 nitrogen and oxygen atoms in total. The van der Waals surface area contributed by atoms with Gasteiger partial charge in [-0.3, -0.25) is 0 Å².